The first-order valence-corrected chi connectivity index (χ1v) is 8.53. The summed E-state index contributed by atoms with van der Waals surface area (Å²) in [6.07, 6.45) is 8.81. The van der Waals surface area contributed by atoms with E-state index in [2.05, 4.69) is 57.4 Å². The van der Waals surface area contributed by atoms with Crippen molar-refractivity contribution in [3.63, 3.8) is 0 Å². The van der Waals surface area contributed by atoms with Crippen LogP contribution in [0.2, 0.25) is 0 Å². The SMILES string of the molecule is CCCCCCCC(Cc1ccc(C(C)(C)C)cc1)NN. The Balaban J connectivity index is 2.42. The Morgan fingerprint density at radius 2 is 1.62 bits per heavy atom. The van der Waals surface area contributed by atoms with Crippen LogP contribution in [0.1, 0.15) is 77.3 Å². The van der Waals surface area contributed by atoms with E-state index in [0.29, 0.717) is 6.04 Å². The molecule has 2 heteroatoms. The number of benzene rings is 1. The number of hydrogen-bond acceptors (Lipinski definition) is 2. The van der Waals surface area contributed by atoms with Crippen LogP contribution < -0.4 is 11.3 Å². The first-order valence-electron chi connectivity index (χ1n) is 8.53. The van der Waals surface area contributed by atoms with E-state index in [1.807, 2.05) is 0 Å². The third kappa shape index (κ3) is 7.10. The lowest BCUT2D eigenvalue weighted by Crippen LogP contribution is -2.36. The molecule has 1 atom stereocenters. The summed E-state index contributed by atoms with van der Waals surface area (Å²) in [5.74, 6) is 5.71. The number of hydrazine groups is 1. The molecule has 1 aromatic rings. The van der Waals surface area contributed by atoms with Crippen molar-refractivity contribution in [2.75, 3.05) is 0 Å². The van der Waals surface area contributed by atoms with Gasteiger partial charge in [-0.15, -0.1) is 0 Å². The van der Waals surface area contributed by atoms with Gasteiger partial charge in [0.25, 0.3) is 0 Å². The normalized spacial score (nSPS) is 13.4. The minimum absolute atomic E-state index is 0.226. The molecule has 1 rings (SSSR count). The quantitative estimate of drug-likeness (QED) is 0.392. The first-order chi connectivity index (χ1) is 9.97. The predicted octanol–water partition coefficient (Wildman–Crippen LogP) is 4.72. The van der Waals surface area contributed by atoms with Gasteiger partial charge in [-0.3, -0.25) is 11.3 Å². The van der Waals surface area contributed by atoms with Gasteiger partial charge >= 0.3 is 0 Å². The van der Waals surface area contributed by atoms with Gasteiger partial charge in [-0.05, 0) is 29.4 Å². The zero-order valence-electron chi connectivity index (χ0n) is 14.4. The molecule has 0 spiro atoms. The molecule has 120 valence electrons. The lowest BCUT2D eigenvalue weighted by molar-refractivity contribution is 0.460. The number of nitrogens with one attached hydrogen (secondary N) is 1. The van der Waals surface area contributed by atoms with Gasteiger partial charge in [-0.2, -0.15) is 0 Å². The molecule has 1 aromatic carbocycles. The second-order valence-corrected chi connectivity index (χ2v) is 7.22. The van der Waals surface area contributed by atoms with Gasteiger partial charge < -0.3 is 0 Å². The molecule has 0 aromatic heterocycles. The minimum atomic E-state index is 0.226. The highest BCUT2D eigenvalue weighted by molar-refractivity contribution is 5.27. The van der Waals surface area contributed by atoms with Crippen LogP contribution in [0.5, 0.6) is 0 Å². The molecule has 0 aliphatic heterocycles. The Morgan fingerprint density at radius 3 is 2.14 bits per heavy atom. The highest BCUT2D eigenvalue weighted by Crippen LogP contribution is 2.22. The van der Waals surface area contributed by atoms with Crippen molar-refractivity contribution >= 4 is 0 Å². The summed E-state index contributed by atoms with van der Waals surface area (Å²) in [5.41, 5.74) is 5.98. The van der Waals surface area contributed by atoms with E-state index in [1.54, 1.807) is 0 Å². The monoisotopic (exact) mass is 290 g/mol. The maximum absolute atomic E-state index is 5.71. The van der Waals surface area contributed by atoms with E-state index < -0.39 is 0 Å². The number of nitrogens with two attached hydrogens (primary N) is 1. The van der Waals surface area contributed by atoms with E-state index in [1.165, 1.54) is 49.7 Å². The van der Waals surface area contributed by atoms with Crippen molar-refractivity contribution in [3.05, 3.63) is 35.4 Å². The van der Waals surface area contributed by atoms with Crippen LogP contribution in [0.4, 0.5) is 0 Å². The lowest BCUT2D eigenvalue weighted by Gasteiger charge is -2.20. The summed E-state index contributed by atoms with van der Waals surface area (Å²) >= 11 is 0. The molecule has 0 heterocycles. The minimum Gasteiger partial charge on any atom is -0.271 e. The maximum Gasteiger partial charge on any atom is 0.0250 e. The van der Waals surface area contributed by atoms with Gasteiger partial charge in [0.05, 0.1) is 0 Å². The molecule has 0 aliphatic carbocycles. The van der Waals surface area contributed by atoms with Crippen LogP contribution >= 0.6 is 0 Å². The molecule has 1 unspecified atom stereocenters. The molecule has 0 saturated carbocycles. The molecule has 0 radical (unpaired) electrons. The Bertz CT molecular complexity index is 376. The van der Waals surface area contributed by atoms with E-state index in [9.17, 15) is 0 Å². The predicted molar refractivity (Wildman–Crippen MR) is 93.3 cm³/mol. The largest absolute Gasteiger partial charge is 0.271 e. The first kappa shape index (κ1) is 18.2. The summed E-state index contributed by atoms with van der Waals surface area (Å²) < 4.78 is 0. The molecule has 2 nitrogen and oxygen atoms in total. The molecule has 0 saturated heterocycles. The zero-order valence-corrected chi connectivity index (χ0v) is 14.4. The van der Waals surface area contributed by atoms with Crippen molar-refractivity contribution in [2.45, 2.75) is 84.1 Å². The number of hydrogen-bond donors (Lipinski definition) is 2. The van der Waals surface area contributed by atoms with E-state index in [0.717, 1.165) is 6.42 Å². The summed E-state index contributed by atoms with van der Waals surface area (Å²) in [5, 5.41) is 0. The van der Waals surface area contributed by atoms with Gasteiger partial charge in [-0.1, -0.05) is 84.1 Å². The van der Waals surface area contributed by atoms with Crippen LogP contribution in [0.15, 0.2) is 24.3 Å². The van der Waals surface area contributed by atoms with Crippen LogP contribution in [-0.4, -0.2) is 6.04 Å². The average Bonchev–Trinajstić information content (AvgIpc) is 2.45. The van der Waals surface area contributed by atoms with Gasteiger partial charge in [0.2, 0.25) is 0 Å². The standard InChI is InChI=1S/C19H34N2/c1-5-6-7-8-9-10-18(21-20)15-16-11-13-17(14-12-16)19(2,3)4/h11-14,18,21H,5-10,15,20H2,1-4H3. The van der Waals surface area contributed by atoms with E-state index in [-0.39, 0.29) is 5.41 Å². The molecular formula is C19H34N2. The Labute approximate surface area is 131 Å². The summed E-state index contributed by atoms with van der Waals surface area (Å²) in [4.78, 5) is 0. The molecule has 0 aliphatic rings. The Kier molecular flexibility index (Phi) is 7.98. The summed E-state index contributed by atoms with van der Waals surface area (Å²) in [6, 6.07) is 9.41. The highest BCUT2D eigenvalue weighted by atomic mass is 15.2. The van der Waals surface area contributed by atoms with Crippen molar-refractivity contribution in [1.29, 1.82) is 0 Å². The van der Waals surface area contributed by atoms with Gasteiger partial charge in [0, 0.05) is 6.04 Å². The molecule has 3 N–H and O–H groups in total. The van der Waals surface area contributed by atoms with Crippen LogP contribution in [0.25, 0.3) is 0 Å². The highest BCUT2D eigenvalue weighted by Gasteiger charge is 2.13. The van der Waals surface area contributed by atoms with Crippen LogP contribution in [-0.2, 0) is 11.8 Å². The Morgan fingerprint density at radius 1 is 1.00 bits per heavy atom. The maximum atomic E-state index is 5.71. The topological polar surface area (TPSA) is 38.0 Å². The number of unbranched alkanes of at least 4 members (excludes halogenated alkanes) is 4. The van der Waals surface area contributed by atoms with Crippen molar-refractivity contribution < 1.29 is 0 Å². The van der Waals surface area contributed by atoms with Gasteiger partial charge in [-0.25, -0.2) is 0 Å². The fourth-order valence-electron chi connectivity index (χ4n) is 2.66. The third-order valence-electron chi connectivity index (χ3n) is 4.19. The van der Waals surface area contributed by atoms with Crippen molar-refractivity contribution in [1.82, 2.24) is 5.43 Å². The summed E-state index contributed by atoms with van der Waals surface area (Å²) in [7, 11) is 0. The molecule has 0 amide bonds. The second kappa shape index (κ2) is 9.22. The zero-order chi connectivity index (χ0) is 15.7. The smallest absolute Gasteiger partial charge is 0.0250 e. The fourth-order valence-corrected chi connectivity index (χ4v) is 2.66. The van der Waals surface area contributed by atoms with Gasteiger partial charge in [0.15, 0.2) is 0 Å². The van der Waals surface area contributed by atoms with Crippen molar-refractivity contribution in [2.24, 2.45) is 5.84 Å². The van der Waals surface area contributed by atoms with Crippen LogP contribution in [0, 0.1) is 0 Å². The van der Waals surface area contributed by atoms with Crippen LogP contribution in [0.3, 0.4) is 0 Å². The van der Waals surface area contributed by atoms with Gasteiger partial charge in [0.1, 0.15) is 0 Å². The second-order valence-electron chi connectivity index (χ2n) is 7.22. The molecule has 21 heavy (non-hydrogen) atoms. The molecule has 0 fully saturated rings. The third-order valence-corrected chi connectivity index (χ3v) is 4.19. The average molecular weight is 290 g/mol. The molecular weight excluding hydrogens is 256 g/mol. The fraction of sp³-hybridized carbons (Fsp3) is 0.684. The Hall–Kier alpha value is -0.860. The molecule has 0 bridgehead atoms. The lowest BCUT2D eigenvalue weighted by atomic mass is 9.86. The van der Waals surface area contributed by atoms with Crippen molar-refractivity contribution in [3.8, 4) is 0 Å². The summed E-state index contributed by atoms with van der Waals surface area (Å²) in [6.45, 7) is 9.01. The number of rotatable bonds is 9. The van der Waals surface area contributed by atoms with E-state index >= 15 is 0 Å². The van der Waals surface area contributed by atoms with E-state index in [4.69, 9.17) is 5.84 Å².